The van der Waals surface area contributed by atoms with Crippen LogP contribution in [0, 0.1) is 5.92 Å². The molecule has 0 bridgehead atoms. The van der Waals surface area contributed by atoms with Gasteiger partial charge in [0, 0.05) is 31.1 Å². The summed E-state index contributed by atoms with van der Waals surface area (Å²) in [6.07, 6.45) is 8.41. The predicted octanol–water partition coefficient (Wildman–Crippen LogP) is 1.92. The zero-order chi connectivity index (χ0) is 13.9. The number of pyridine rings is 1. The van der Waals surface area contributed by atoms with Gasteiger partial charge in [0.25, 0.3) is 0 Å². The Hall–Kier alpha value is -1.72. The summed E-state index contributed by atoms with van der Waals surface area (Å²) in [5.74, 6) is 0.381. The third-order valence-electron chi connectivity index (χ3n) is 4.09. The van der Waals surface area contributed by atoms with Crippen LogP contribution in [0.25, 0.3) is 0 Å². The van der Waals surface area contributed by atoms with E-state index in [4.69, 9.17) is 10.5 Å². The van der Waals surface area contributed by atoms with E-state index in [0.29, 0.717) is 5.92 Å². The summed E-state index contributed by atoms with van der Waals surface area (Å²) >= 11 is 0. The van der Waals surface area contributed by atoms with Crippen LogP contribution < -0.4 is 5.73 Å². The van der Waals surface area contributed by atoms with Gasteiger partial charge in [-0.3, -0.25) is 4.98 Å². The summed E-state index contributed by atoms with van der Waals surface area (Å²) in [5, 5.41) is 0. The molecule has 2 aromatic heterocycles. The molecule has 5 heteroatoms. The summed E-state index contributed by atoms with van der Waals surface area (Å²) < 4.78 is 7.58. The van der Waals surface area contributed by atoms with E-state index >= 15 is 0 Å². The van der Waals surface area contributed by atoms with Gasteiger partial charge in [0.05, 0.1) is 30.7 Å². The minimum atomic E-state index is -0.0286. The second kappa shape index (κ2) is 5.73. The van der Waals surface area contributed by atoms with Crippen LogP contribution in [0.1, 0.15) is 36.7 Å². The Morgan fingerprint density at radius 1 is 1.40 bits per heavy atom. The fourth-order valence-electron chi connectivity index (χ4n) is 2.76. The predicted molar refractivity (Wildman–Crippen MR) is 76.1 cm³/mol. The van der Waals surface area contributed by atoms with Gasteiger partial charge in [-0.1, -0.05) is 6.07 Å². The molecule has 3 unspecified atom stereocenters. The van der Waals surface area contributed by atoms with Crippen molar-refractivity contribution in [2.24, 2.45) is 11.7 Å². The second-order valence-electron chi connectivity index (χ2n) is 5.34. The van der Waals surface area contributed by atoms with E-state index < -0.39 is 0 Å². The molecule has 3 atom stereocenters. The first-order chi connectivity index (χ1) is 9.77. The maximum Gasteiger partial charge on any atom is 0.0954 e. The van der Waals surface area contributed by atoms with E-state index in [1.807, 2.05) is 24.8 Å². The molecule has 0 aromatic carbocycles. The zero-order valence-corrected chi connectivity index (χ0v) is 11.6. The molecule has 106 valence electrons. The van der Waals surface area contributed by atoms with Crippen LogP contribution >= 0.6 is 0 Å². The van der Waals surface area contributed by atoms with Crippen LogP contribution in [0.4, 0.5) is 0 Å². The average Bonchev–Trinajstić information content (AvgIpc) is 3.18. The van der Waals surface area contributed by atoms with Crippen LogP contribution in [-0.4, -0.2) is 27.7 Å². The summed E-state index contributed by atoms with van der Waals surface area (Å²) in [6, 6.07) is 4.17. The minimum absolute atomic E-state index is 0.0286. The van der Waals surface area contributed by atoms with Gasteiger partial charge in [-0.25, -0.2) is 4.98 Å². The van der Waals surface area contributed by atoms with Crippen LogP contribution in [0.2, 0.25) is 0 Å². The quantitative estimate of drug-likeness (QED) is 0.923. The fourth-order valence-corrected chi connectivity index (χ4v) is 2.76. The Kier molecular flexibility index (Phi) is 3.80. The second-order valence-corrected chi connectivity index (χ2v) is 5.34. The van der Waals surface area contributed by atoms with Gasteiger partial charge in [0.15, 0.2) is 0 Å². The normalized spacial score (nSPS) is 21.8. The lowest BCUT2D eigenvalue weighted by atomic mass is 9.97. The largest absolute Gasteiger partial charge is 0.381 e. The summed E-state index contributed by atoms with van der Waals surface area (Å²) in [6.45, 7) is 3.69. The highest BCUT2D eigenvalue weighted by atomic mass is 16.5. The number of nitrogens with two attached hydrogens (primary N) is 1. The first-order valence-electron chi connectivity index (χ1n) is 7.02. The Labute approximate surface area is 118 Å². The van der Waals surface area contributed by atoms with Crippen molar-refractivity contribution in [1.82, 2.24) is 14.5 Å². The van der Waals surface area contributed by atoms with Crippen LogP contribution in [-0.2, 0) is 4.74 Å². The summed E-state index contributed by atoms with van der Waals surface area (Å²) in [5.41, 5.74) is 8.63. The topological polar surface area (TPSA) is 66.0 Å². The summed E-state index contributed by atoms with van der Waals surface area (Å²) in [7, 11) is 0. The number of ether oxygens (including phenoxy) is 1. The number of aromatic nitrogens is 3. The van der Waals surface area contributed by atoms with Gasteiger partial charge in [0.2, 0.25) is 0 Å². The Bertz CT molecular complexity index is 548. The zero-order valence-electron chi connectivity index (χ0n) is 11.6. The number of hydrogen-bond donors (Lipinski definition) is 1. The lowest BCUT2D eigenvalue weighted by Gasteiger charge is -2.23. The minimum Gasteiger partial charge on any atom is -0.381 e. The van der Waals surface area contributed by atoms with Crippen molar-refractivity contribution in [1.29, 1.82) is 0 Å². The molecule has 5 nitrogen and oxygen atoms in total. The van der Waals surface area contributed by atoms with E-state index in [2.05, 4.69) is 27.5 Å². The third kappa shape index (κ3) is 2.46. The molecule has 3 heterocycles. The van der Waals surface area contributed by atoms with E-state index in [1.54, 1.807) is 6.20 Å². The lowest BCUT2D eigenvalue weighted by molar-refractivity contribution is 0.180. The molecule has 1 saturated heterocycles. The molecule has 1 aliphatic heterocycles. The van der Waals surface area contributed by atoms with Crippen molar-refractivity contribution < 1.29 is 4.74 Å². The first-order valence-corrected chi connectivity index (χ1v) is 7.02. The van der Waals surface area contributed by atoms with E-state index in [1.165, 1.54) is 0 Å². The van der Waals surface area contributed by atoms with E-state index in [0.717, 1.165) is 30.9 Å². The van der Waals surface area contributed by atoms with Crippen molar-refractivity contribution in [3.63, 3.8) is 0 Å². The van der Waals surface area contributed by atoms with Gasteiger partial charge >= 0.3 is 0 Å². The Morgan fingerprint density at radius 2 is 2.30 bits per heavy atom. The Morgan fingerprint density at radius 3 is 3.00 bits per heavy atom. The molecule has 20 heavy (non-hydrogen) atoms. The van der Waals surface area contributed by atoms with E-state index in [9.17, 15) is 0 Å². The average molecular weight is 272 g/mol. The lowest BCUT2D eigenvalue weighted by Crippen LogP contribution is -2.25. The monoisotopic (exact) mass is 272 g/mol. The standard InChI is InChI=1S/C15H20N4O/c1-11(12-3-2-5-17-7-12)19-10-18-8-14(19)15(16)13-4-6-20-9-13/h2-3,5,7-8,10-11,13,15H,4,6,9,16H2,1H3. The smallest absolute Gasteiger partial charge is 0.0954 e. The highest BCUT2D eigenvalue weighted by molar-refractivity contribution is 5.18. The molecule has 1 fully saturated rings. The molecule has 0 aliphatic carbocycles. The molecule has 2 N–H and O–H groups in total. The third-order valence-corrected chi connectivity index (χ3v) is 4.09. The molecular weight excluding hydrogens is 252 g/mol. The maximum absolute atomic E-state index is 6.40. The highest BCUT2D eigenvalue weighted by Crippen LogP contribution is 2.29. The van der Waals surface area contributed by atoms with Crippen LogP contribution in [0.15, 0.2) is 37.1 Å². The molecule has 1 aliphatic rings. The van der Waals surface area contributed by atoms with Crippen molar-refractivity contribution in [2.45, 2.75) is 25.4 Å². The molecule has 0 amide bonds. The molecule has 2 aromatic rings. The van der Waals surface area contributed by atoms with E-state index in [-0.39, 0.29) is 12.1 Å². The van der Waals surface area contributed by atoms with Crippen LogP contribution in [0.3, 0.4) is 0 Å². The molecular formula is C15H20N4O. The Balaban J connectivity index is 1.86. The van der Waals surface area contributed by atoms with Gasteiger partial charge < -0.3 is 15.0 Å². The van der Waals surface area contributed by atoms with Gasteiger partial charge in [0.1, 0.15) is 0 Å². The van der Waals surface area contributed by atoms with Gasteiger partial charge in [-0.2, -0.15) is 0 Å². The number of nitrogens with zero attached hydrogens (tertiary/aromatic N) is 3. The van der Waals surface area contributed by atoms with Crippen LogP contribution in [0.5, 0.6) is 0 Å². The number of rotatable bonds is 4. The van der Waals surface area contributed by atoms with Gasteiger partial charge in [-0.15, -0.1) is 0 Å². The fraction of sp³-hybridized carbons (Fsp3) is 0.467. The van der Waals surface area contributed by atoms with Crippen molar-refractivity contribution in [3.8, 4) is 0 Å². The SMILES string of the molecule is CC(c1cccnc1)n1cncc1C(N)C1CCOC1. The van der Waals surface area contributed by atoms with Crippen molar-refractivity contribution in [2.75, 3.05) is 13.2 Å². The van der Waals surface area contributed by atoms with Gasteiger partial charge in [-0.05, 0) is 25.0 Å². The number of hydrogen-bond acceptors (Lipinski definition) is 4. The summed E-state index contributed by atoms with van der Waals surface area (Å²) in [4.78, 5) is 8.47. The molecule has 3 rings (SSSR count). The molecule has 0 saturated carbocycles. The highest BCUT2D eigenvalue weighted by Gasteiger charge is 2.27. The number of imidazole rings is 1. The van der Waals surface area contributed by atoms with Crippen molar-refractivity contribution in [3.05, 3.63) is 48.3 Å². The first kappa shape index (κ1) is 13.3. The molecule has 0 radical (unpaired) electrons. The molecule has 0 spiro atoms. The van der Waals surface area contributed by atoms with Crippen molar-refractivity contribution >= 4 is 0 Å². The maximum atomic E-state index is 6.40.